The molecule has 2 N–H and O–H groups in total. The summed E-state index contributed by atoms with van der Waals surface area (Å²) in [5.74, 6) is 0. The third-order valence-electron chi connectivity index (χ3n) is 3.27. The van der Waals surface area contributed by atoms with E-state index in [1.807, 2.05) is 6.07 Å². The highest BCUT2D eigenvalue weighted by Gasteiger charge is 2.03. The van der Waals surface area contributed by atoms with Gasteiger partial charge >= 0.3 is 0 Å². The molecule has 0 aliphatic heterocycles. The summed E-state index contributed by atoms with van der Waals surface area (Å²) >= 11 is 0. The summed E-state index contributed by atoms with van der Waals surface area (Å²) in [6.07, 6.45) is 0. The maximum Gasteiger partial charge on any atom is 0.0178 e. The maximum atomic E-state index is 5.73. The predicted molar refractivity (Wildman–Crippen MR) is 77.3 cm³/mol. The quantitative estimate of drug-likeness (QED) is 0.712. The van der Waals surface area contributed by atoms with Gasteiger partial charge in [-0.05, 0) is 33.5 Å². The predicted octanol–water partition coefficient (Wildman–Crippen LogP) is 3.97. The van der Waals surface area contributed by atoms with Crippen LogP contribution in [0.2, 0.25) is 0 Å². The summed E-state index contributed by atoms with van der Waals surface area (Å²) < 4.78 is 0. The van der Waals surface area contributed by atoms with E-state index in [9.17, 15) is 0 Å². The lowest BCUT2D eigenvalue weighted by Gasteiger charge is -2.08. The van der Waals surface area contributed by atoms with Crippen LogP contribution in [0.4, 0.5) is 0 Å². The van der Waals surface area contributed by atoms with Gasteiger partial charge in [0.25, 0.3) is 0 Å². The molecule has 0 bridgehead atoms. The first-order chi connectivity index (χ1) is 8.88. The zero-order valence-electron chi connectivity index (χ0n) is 10.1. The second-order valence-corrected chi connectivity index (χ2v) is 4.43. The summed E-state index contributed by atoms with van der Waals surface area (Å²) in [5.41, 5.74) is 9.42. The SMILES string of the molecule is NCc1ccc2cccc(-c3ccccc3)c2c1. The first kappa shape index (κ1) is 11.0. The van der Waals surface area contributed by atoms with Crippen molar-refractivity contribution in [3.05, 3.63) is 72.3 Å². The smallest absolute Gasteiger partial charge is 0.0178 e. The Morgan fingerprint density at radius 1 is 0.778 bits per heavy atom. The lowest BCUT2D eigenvalue weighted by molar-refractivity contribution is 1.08. The van der Waals surface area contributed by atoms with E-state index < -0.39 is 0 Å². The average molecular weight is 233 g/mol. The molecule has 0 saturated heterocycles. The van der Waals surface area contributed by atoms with Gasteiger partial charge in [0.05, 0.1) is 0 Å². The molecule has 3 rings (SSSR count). The Balaban J connectivity index is 2.29. The van der Waals surface area contributed by atoms with Gasteiger partial charge in [-0.25, -0.2) is 0 Å². The number of rotatable bonds is 2. The molecular formula is C17H15N. The van der Waals surface area contributed by atoms with Crippen molar-refractivity contribution in [2.75, 3.05) is 0 Å². The van der Waals surface area contributed by atoms with Crippen LogP contribution in [0, 0.1) is 0 Å². The van der Waals surface area contributed by atoms with E-state index in [4.69, 9.17) is 5.73 Å². The molecule has 0 aliphatic carbocycles. The Labute approximate surface area is 107 Å². The summed E-state index contributed by atoms with van der Waals surface area (Å²) in [6, 6.07) is 23.3. The monoisotopic (exact) mass is 233 g/mol. The van der Waals surface area contributed by atoms with Gasteiger partial charge < -0.3 is 5.73 Å². The molecule has 0 heterocycles. The van der Waals surface area contributed by atoms with Gasteiger partial charge in [-0.3, -0.25) is 0 Å². The van der Waals surface area contributed by atoms with Crippen LogP contribution in [0.5, 0.6) is 0 Å². The zero-order chi connectivity index (χ0) is 12.4. The van der Waals surface area contributed by atoms with E-state index >= 15 is 0 Å². The van der Waals surface area contributed by atoms with E-state index in [0.29, 0.717) is 6.54 Å². The number of nitrogens with two attached hydrogens (primary N) is 1. The Morgan fingerprint density at radius 2 is 1.61 bits per heavy atom. The van der Waals surface area contributed by atoms with Crippen LogP contribution in [-0.4, -0.2) is 0 Å². The minimum absolute atomic E-state index is 0.582. The Morgan fingerprint density at radius 3 is 2.39 bits per heavy atom. The Hall–Kier alpha value is -2.12. The van der Waals surface area contributed by atoms with Crippen LogP contribution in [0.25, 0.3) is 21.9 Å². The maximum absolute atomic E-state index is 5.73. The van der Waals surface area contributed by atoms with E-state index in [-0.39, 0.29) is 0 Å². The first-order valence-electron chi connectivity index (χ1n) is 6.15. The summed E-state index contributed by atoms with van der Waals surface area (Å²) in [6.45, 7) is 0.582. The van der Waals surface area contributed by atoms with Crippen LogP contribution in [0.1, 0.15) is 5.56 Å². The van der Waals surface area contributed by atoms with Crippen LogP contribution < -0.4 is 5.73 Å². The van der Waals surface area contributed by atoms with E-state index in [2.05, 4.69) is 60.7 Å². The fourth-order valence-electron chi connectivity index (χ4n) is 2.32. The van der Waals surface area contributed by atoms with E-state index in [1.165, 1.54) is 27.5 Å². The molecule has 0 amide bonds. The van der Waals surface area contributed by atoms with Gasteiger partial charge in [-0.2, -0.15) is 0 Å². The molecule has 0 spiro atoms. The fraction of sp³-hybridized carbons (Fsp3) is 0.0588. The molecule has 0 saturated carbocycles. The largest absolute Gasteiger partial charge is 0.326 e. The van der Waals surface area contributed by atoms with Gasteiger partial charge in [0.1, 0.15) is 0 Å². The second-order valence-electron chi connectivity index (χ2n) is 4.43. The van der Waals surface area contributed by atoms with Gasteiger partial charge in [-0.1, -0.05) is 60.7 Å². The van der Waals surface area contributed by atoms with Crippen molar-refractivity contribution in [3.63, 3.8) is 0 Å². The molecule has 18 heavy (non-hydrogen) atoms. The van der Waals surface area contributed by atoms with Crippen molar-refractivity contribution in [1.29, 1.82) is 0 Å². The van der Waals surface area contributed by atoms with Crippen LogP contribution in [0.3, 0.4) is 0 Å². The molecule has 0 fully saturated rings. The molecule has 1 nitrogen and oxygen atoms in total. The molecule has 0 atom stereocenters. The lowest BCUT2D eigenvalue weighted by Crippen LogP contribution is -1.95. The fourth-order valence-corrected chi connectivity index (χ4v) is 2.32. The van der Waals surface area contributed by atoms with Crippen molar-refractivity contribution in [2.24, 2.45) is 5.73 Å². The molecule has 88 valence electrons. The van der Waals surface area contributed by atoms with Crippen molar-refractivity contribution in [3.8, 4) is 11.1 Å². The molecule has 0 aliphatic rings. The Kier molecular flexibility index (Phi) is 2.83. The summed E-state index contributed by atoms with van der Waals surface area (Å²) in [7, 11) is 0. The van der Waals surface area contributed by atoms with Crippen molar-refractivity contribution >= 4 is 10.8 Å². The number of hydrogen-bond acceptors (Lipinski definition) is 1. The van der Waals surface area contributed by atoms with Gasteiger partial charge in [0.2, 0.25) is 0 Å². The second kappa shape index (κ2) is 4.63. The van der Waals surface area contributed by atoms with Gasteiger partial charge in [0.15, 0.2) is 0 Å². The molecule has 0 aromatic heterocycles. The van der Waals surface area contributed by atoms with Crippen molar-refractivity contribution in [2.45, 2.75) is 6.54 Å². The third kappa shape index (κ3) is 1.89. The molecular weight excluding hydrogens is 218 g/mol. The summed E-state index contributed by atoms with van der Waals surface area (Å²) in [4.78, 5) is 0. The minimum Gasteiger partial charge on any atom is -0.326 e. The molecule has 3 aromatic carbocycles. The first-order valence-corrected chi connectivity index (χ1v) is 6.15. The molecule has 3 aromatic rings. The zero-order valence-corrected chi connectivity index (χ0v) is 10.1. The van der Waals surface area contributed by atoms with Crippen molar-refractivity contribution < 1.29 is 0 Å². The van der Waals surface area contributed by atoms with E-state index in [1.54, 1.807) is 0 Å². The molecule has 0 radical (unpaired) electrons. The highest BCUT2D eigenvalue weighted by molar-refractivity contribution is 5.97. The Bertz CT molecular complexity index is 672. The topological polar surface area (TPSA) is 26.0 Å². The van der Waals surface area contributed by atoms with E-state index in [0.717, 1.165) is 0 Å². The lowest BCUT2D eigenvalue weighted by atomic mass is 9.97. The van der Waals surface area contributed by atoms with Gasteiger partial charge in [0, 0.05) is 6.54 Å². The highest BCUT2D eigenvalue weighted by atomic mass is 14.5. The highest BCUT2D eigenvalue weighted by Crippen LogP contribution is 2.29. The number of fused-ring (bicyclic) bond motifs is 1. The average Bonchev–Trinajstić information content (AvgIpc) is 2.47. The molecule has 1 heteroatoms. The normalized spacial score (nSPS) is 10.7. The molecule has 0 unspecified atom stereocenters. The standard InChI is InChI=1S/C17H15N/c18-12-13-9-10-15-7-4-8-16(17(15)11-13)14-5-2-1-3-6-14/h1-11H,12,18H2. The van der Waals surface area contributed by atoms with Gasteiger partial charge in [-0.15, -0.1) is 0 Å². The number of hydrogen-bond donors (Lipinski definition) is 1. The van der Waals surface area contributed by atoms with Crippen molar-refractivity contribution in [1.82, 2.24) is 0 Å². The minimum atomic E-state index is 0.582. The van der Waals surface area contributed by atoms with Crippen LogP contribution in [-0.2, 0) is 6.54 Å². The third-order valence-corrected chi connectivity index (χ3v) is 3.27. The summed E-state index contributed by atoms with van der Waals surface area (Å²) in [5, 5.41) is 2.53. The number of benzene rings is 3. The van der Waals surface area contributed by atoms with Crippen LogP contribution >= 0.6 is 0 Å². The van der Waals surface area contributed by atoms with Crippen LogP contribution in [0.15, 0.2) is 66.7 Å².